The summed E-state index contributed by atoms with van der Waals surface area (Å²) in [6, 6.07) is 5.35. The van der Waals surface area contributed by atoms with Gasteiger partial charge in [0, 0.05) is 12.2 Å². The highest BCUT2D eigenvalue weighted by molar-refractivity contribution is 7.91. The summed E-state index contributed by atoms with van der Waals surface area (Å²) in [6.07, 6.45) is 2.16. The first-order valence-corrected chi connectivity index (χ1v) is 7.50. The van der Waals surface area contributed by atoms with E-state index in [0.29, 0.717) is 18.8 Å². The lowest BCUT2D eigenvalue weighted by molar-refractivity contribution is 0.234. The number of hydrogen-bond donors (Lipinski definition) is 2. The Morgan fingerprint density at radius 1 is 1.26 bits per heavy atom. The lowest BCUT2D eigenvalue weighted by atomic mass is 10.1. The predicted molar refractivity (Wildman–Crippen MR) is 68.8 cm³/mol. The predicted octanol–water partition coefficient (Wildman–Crippen LogP) is 1.83. The average molecular weight is 290 g/mol. The summed E-state index contributed by atoms with van der Waals surface area (Å²) in [4.78, 5) is -0.368. The highest BCUT2D eigenvalue weighted by Crippen LogP contribution is 2.44. The first-order valence-electron chi connectivity index (χ1n) is 5.96. The van der Waals surface area contributed by atoms with E-state index >= 15 is 0 Å². The maximum absolute atomic E-state index is 12.3. The van der Waals surface area contributed by atoms with Crippen molar-refractivity contribution in [2.45, 2.75) is 23.5 Å². The fraction of sp³-hybridized carbons (Fsp3) is 0.500. The van der Waals surface area contributed by atoms with Crippen LogP contribution in [0.15, 0.2) is 29.2 Å². The molecule has 0 atom stereocenters. The van der Waals surface area contributed by atoms with Crippen molar-refractivity contribution in [1.29, 1.82) is 0 Å². The first-order chi connectivity index (χ1) is 8.89. The number of halogens is 2. The lowest BCUT2D eigenvalue weighted by Gasteiger charge is -2.14. The van der Waals surface area contributed by atoms with Crippen LogP contribution in [0.1, 0.15) is 12.8 Å². The van der Waals surface area contributed by atoms with Gasteiger partial charge in [0.15, 0.2) is 0 Å². The summed E-state index contributed by atoms with van der Waals surface area (Å²) in [5.41, 5.74) is 6.49. The lowest BCUT2D eigenvalue weighted by Crippen LogP contribution is -2.24. The van der Waals surface area contributed by atoms with E-state index in [9.17, 15) is 17.2 Å². The molecule has 3 N–H and O–H groups in total. The molecule has 0 spiro atoms. The van der Waals surface area contributed by atoms with Crippen LogP contribution >= 0.6 is 0 Å². The SMILES string of the molecule is NCC1(CNc2ccc(S(=O)(=O)C(F)F)cc2)CC1. The van der Waals surface area contributed by atoms with Crippen molar-refractivity contribution in [3.63, 3.8) is 0 Å². The molecular formula is C12H16F2N2O2S. The fourth-order valence-electron chi connectivity index (χ4n) is 1.78. The van der Waals surface area contributed by atoms with Crippen molar-refractivity contribution >= 4 is 15.5 Å². The van der Waals surface area contributed by atoms with Crippen molar-refractivity contribution in [3.05, 3.63) is 24.3 Å². The fourth-order valence-corrected chi connectivity index (χ4v) is 2.51. The van der Waals surface area contributed by atoms with Crippen LogP contribution in [-0.4, -0.2) is 27.3 Å². The molecule has 19 heavy (non-hydrogen) atoms. The van der Waals surface area contributed by atoms with Crippen LogP contribution in [0.4, 0.5) is 14.5 Å². The van der Waals surface area contributed by atoms with Gasteiger partial charge in [0.05, 0.1) is 4.90 Å². The molecule has 1 aromatic rings. The maximum Gasteiger partial charge on any atom is 0.341 e. The van der Waals surface area contributed by atoms with Gasteiger partial charge in [-0.3, -0.25) is 0 Å². The zero-order valence-electron chi connectivity index (χ0n) is 10.3. The zero-order valence-corrected chi connectivity index (χ0v) is 11.1. The van der Waals surface area contributed by atoms with Gasteiger partial charge in [0.25, 0.3) is 0 Å². The number of sulfone groups is 1. The Kier molecular flexibility index (Phi) is 3.78. The van der Waals surface area contributed by atoms with Gasteiger partial charge in [-0.1, -0.05) is 0 Å². The third kappa shape index (κ3) is 3.03. The van der Waals surface area contributed by atoms with Gasteiger partial charge in [-0.2, -0.15) is 8.78 Å². The first kappa shape index (κ1) is 14.2. The van der Waals surface area contributed by atoms with Crippen molar-refractivity contribution < 1.29 is 17.2 Å². The Hall–Kier alpha value is -1.21. The molecule has 1 aromatic carbocycles. The van der Waals surface area contributed by atoms with E-state index in [-0.39, 0.29) is 10.3 Å². The quantitative estimate of drug-likeness (QED) is 0.838. The van der Waals surface area contributed by atoms with Crippen LogP contribution in [0, 0.1) is 5.41 Å². The minimum absolute atomic E-state index is 0.147. The van der Waals surface area contributed by atoms with Crippen LogP contribution in [0.2, 0.25) is 0 Å². The van der Waals surface area contributed by atoms with Gasteiger partial charge in [0.2, 0.25) is 9.84 Å². The molecule has 0 saturated heterocycles. The zero-order chi connectivity index (χ0) is 14.1. The Labute approximate surface area is 110 Å². The van der Waals surface area contributed by atoms with Crippen molar-refractivity contribution in [2.24, 2.45) is 11.1 Å². The smallest absolute Gasteiger partial charge is 0.341 e. The Morgan fingerprint density at radius 2 is 1.84 bits per heavy atom. The van der Waals surface area contributed by atoms with Gasteiger partial charge >= 0.3 is 5.76 Å². The number of nitrogens with one attached hydrogen (secondary N) is 1. The molecule has 0 heterocycles. The van der Waals surface area contributed by atoms with Gasteiger partial charge < -0.3 is 11.1 Å². The Bertz CT molecular complexity index is 539. The highest BCUT2D eigenvalue weighted by Gasteiger charge is 2.40. The second-order valence-corrected chi connectivity index (χ2v) is 6.81. The van der Waals surface area contributed by atoms with E-state index in [1.165, 1.54) is 24.3 Å². The molecule has 1 aliphatic carbocycles. The van der Waals surface area contributed by atoms with Crippen LogP contribution < -0.4 is 11.1 Å². The largest absolute Gasteiger partial charge is 0.384 e. The number of nitrogens with two attached hydrogens (primary N) is 1. The van der Waals surface area contributed by atoms with E-state index in [0.717, 1.165) is 12.8 Å². The minimum Gasteiger partial charge on any atom is -0.384 e. The topological polar surface area (TPSA) is 72.2 Å². The molecule has 0 aromatic heterocycles. The normalized spacial score (nSPS) is 17.5. The molecule has 106 valence electrons. The summed E-state index contributed by atoms with van der Waals surface area (Å²) < 4.78 is 47.1. The minimum atomic E-state index is -4.51. The molecule has 0 radical (unpaired) electrons. The van der Waals surface area contributed by atoms with E-state index in [2.05, 4.69) is 5.32 Å². The molecule has 1 aliphatic rings. The summed E-state index contributed by atoms with van der Waals surface area (Å²) >= 11 is 0. The summed E-state index contributed by atoms with van der Waals surface area (Å²) in [5.74, 6) is -3.39. The maximum atomic E-state index is 12.3. The van der Waals surface area contributed by atoms with Crippen LogP contribution in [0.5, 0.6) is 0 Å². The van der Waals surface area contributed by atoms with Crippen LogP contribution in [0.3, 0.4) is 0 Å². The van der Waals surface area contributed by atoms with E-state index in [1.54, 1.807) is 0 Å². The van der Waals surface area contributed by atoms with Crippen molar-refractivity contribution in [2.75, 3.05) is 18.4 Å². The number of alkyl halides is 2. The van der Waals surface area contributed by atoms with Gasteiger partial charge in [0.1, 0.15) is 0 Å². The molecule has 0 aliphatic heterocycles. The third-order valence-corrected chi connectivity index (χ3v) is 4.87. The van der Waals surface area contributed by atoms with E-state index < -0.39 is 15.6 Å². The monoisotopic (exact) mass is 290 g/mol. The molecule has 1 fully saturated rings. The molecule has 0 bridgehead atoms. The second-order valence-electron chi connectivity index (χ2n) is 4.89. The van der Waals surface area contributed by atoms with Crippen LogP contribution in [-0.2, 0) is 9.84 Å². The van der Waals surface area contributed by atoms with E-state index in [1.807, 2.05) is 0 Å². The number of benzene rings is 1. The molecular weight excluding hydrogens is 274 g/mol. The van der Waals surface area contributed by atoms with Gasteiger partial charge in [-0.25, -0.2) is 8.42 Å². The Balaban J connectivity index is 2.03. The molecule has 7 heteroatoms. The number of hydrogen-bond acceptors (Lipinski definition) is 4. The Morgan fingerprint density at radius 3 is 2.26 bits per heavy atom. The standard InChI is InChI=1S/C12H16F2N2O2S/c13-11(14)19(17,18)10-3-1-9(2-4-10)16-8-12(7-15)5-6-12/h1-4,11,16H,5-8,15H2. The molecule has 0 unspecified atom stereocenters. The van der Waals surface area contributed by atoms with Crippen molar-refractivity contribution in [3.8, 4) is 0 Å². The summed E-state index contributed by atoms with van der Waals surface area (Å²) in [5, 5.41) is 3.14. The molecule has 4 nitrogen and oxygen atoms in total. The molecule has 2 rings (SSSR count). The molecule has 1 saturated carbocycles. The number of anilines is 1. The average Bonchev–Trinajstić information content (AvgIpc) is 3.17. The number of rotatable bonds is 6. The molecule has 0 amide bonds. The second kappa shape index (κ2) is 5.05. The highest BCUT2D eigenvalue weighted by atomic mass is 32.2. The van der Waals surface area contributed by atoms with E-state index in [4.69, 9.17) is 5.73 Å². The van der Waals surface area contributed by atoms with Gasteiger partial charge in [-0.05, 0) is 49.1 Å². The van der Waals surface area contributed by atoms with Crippen LogP contribution in [0.25, 0.3) is 0 Å². The van der Waals surface area contributed by atoms with Gasteiger partial charge in [-0.15, -0.1) is 0 Å². The summed E-state index contributed by atoms with van der Waals surface area (Å²) in [7, 11) is -4.51. The van der Waals surface area contributed by atoms with Crippen molar-refractivity contribution in [1.82, 2.24) is 0 Å². The third-order valence-electron chi connectivity index (χ3n) is 3.48. The summed E-state index contributed by atoms with van der Waals surface area (Å²) in [6.45, 7) is 1.32.